The molecule has 0 radical (unpaired) electrons. The maximum atomic E-state index is 12.5. The minimum absolute atomic E-state index is 0.0732. The number of esters is 1. The minimum atomic E-state index is -0.330. The number of fused-ring (bicyclic) bond motifs is 1. The van der Waals surface area contributed by atoms with E-state index in [1.165, 1.54) is 11.9 Å². The number of thiophene rings is 1. The van der Waals surface area contributed by atoms with Gasteiger partial charge in [0.15, 0.2) is 0 Å². The molecular weight excluding hydrogens is 468 g/mol. The van der Waals surface area contributed by atoms with Gasteiger partial charge in [0.2, 0.25) is 0 Å². The van der Waals surface area contributed by atoms with Crippen LogP contribution in [0.2, 0.25) is 0 Å². The molecule has 190 valence electrons. The molecule has 0 bridgehead atoms. The zero-order valence-electron chi connectivity index (χ0n) is 21.9. The Morgan fingerprint density at radius 3 is 2.28 bits per heavy atom. The molecule has 0 saturated carbocycles. The Bertz CT molecular complexity index is 1320. The molecule has 5 nitrogen and oxygen atoms in total. The summed E-state index contributed by atoms with van der Waals surface area (Å²) in [5.41, 5.74) is 3.99. The van der Waals surface area contributed by atoms with Gasteiger partial charge in [-0.05, 0) is 50.3 Å². The Hall–Kier alpha value is -3.25. The van der Waals surface area contributed by atoms with Gasteiger partial charge in [-0.15, -0.1) is 11.3 Å². The smallest absolute Gasteiger partial charge is 0.306 e. The summed E-state index contributed by atoms with van der Waals surface area (Å²) in [6.07, 6.45) is 6.23. The first-order chi connectivity index (χ1) is 17.2. The van der Waals surface area contributed by atoms with Crippen molar-refractivity contribution in [1.29, 1.82) is 0 Å². The molecule has 4 rings (SSSR count). The topological polar surface area (TPSA) is 72.0 Å². The van der Waals surface area contributed by atoms with Crippen molar-refractivity contribution in [3.63, 3.8) is 0 Å². The van der Waals surface area contributed by atoms with Crippen LogP contribution in [0.15, 0.2) is 65.7 Å². The lowest BCUT2D eigenvalue weighted by Crippen LogP contribution is -2.23. The standard InChI is InChI=1S/C20H16N2OS.C10H20O2/c1-2-13-8-10-14(11-9-13)16-17-19(23)21-12-22-20(17)24-18(16)15-6-4-3-5-7-15;1-5-6-7-8-9(11)12-10(2,3)4/h3-12H,2H2,1H3,(H,21,22,23);5-8H2,1-4H3. The fourth-order valence-corrected chi connectivity index (χ4v) is 5.00. The summed E-state index contributed by atoms with van der Waals surface area (Å²) < 4.78 is 5.15. The second-order valence-electron chi connectivity index (χ2n) is 9.68. The molecule has 4 aromatic rings. The molecule has 0 amide bonds. The second kappa shape index (κ2) is 12.6. The number of rotatable bonds is 7. The lowest BCUT2D eigenvalue weighted by molar-refractivity contribution is -0.154. The van der Waals surface area contributed by atoms with Gasteiger partial charge in [-0.2, -0.15) is 0 Å². The van der Waals surface area contributed by atoms with Crippen LogP contribution >= 0.6 is 11.3 Å². The summed E-state index contributed by atoms with van der Waals surface area (Å²) in [4.78, 5) is 32.5. The fourth-order valence-electron chi connectivity index (χ4n) is 3.83. The van der Waals surface area contributed by atoms with Crippen molar-refractivity contribution < 1.29 is 9.53 Å². The summed E-state index contributed by atoms with van der Waals surface area (Å²) in [7, 11) is 0. The Kier molecular flexibility index (Phi) is 9.59. The summed E-state index contributed by atoms with van der Waals surface area (Å²) in [6.45, 7) is 9.94. The number of unbranched alkanes of at least 4 members (excludes halogenated alkanes) is 2. The molecule has 2 aromatic carbocycles. The van der Waals surface area contributed by atoms with Crippen LogP contribution < -0.4 is 5.56 Å². The molecule has 0 unspecified atom stereocenters. The van der Waals surface area contributed by atoms with Crippen molar-refractivity contribution in [3.05, 3.63) is 76.8 Å². The zero-order chi connectivity index (χ0) is 26.1. The van der Waals surface area contributed by atoms with E-state index in [1.54, 1.807) is 11.3 Å². The van der Waals surface area contributed by atoms with Gasteiger partial charge in [0, 0.05) is 16.9 Å². The van der Waals surface area contributed by atoms with Gasteiger partial charge in [0.05, 0.1) is 11.7 Å². The van der Waals surface area contributed by atoms with E-state index < -0.39 is 0 Å². The highest BCUT2D eigenvalue weighted by Crippen LogP contribution is 2.42. The highest BCUT2D eigenvalue weighted by Gasteiger charge is 2.19. The maximum Gasteiger partial charge on any atom is 0.306 e. The lowest BCUT2D eigenvalue weighted by atomic mass is 9.98. The Morgan fingerprint density at radius 1 is 0.972 bits per heavy atom. The number of benzene rings is 2. The molecule has 0 atom stereocenters. The van der Waals surface area contributed by atoms with Crippen molar-refractivity contribution in [2.45, 2.75) is 72.3 Å². The Morgan fingerprint density at radius 2 is 1.67 bits per heavy atom. The zero-order valence-corrected chi connectivity index (χ0v) is 22.7. The molecule has 0 fully saturated rings. The third-order valence-electron chi connectivity index (χ3n) is 5.59. The number of aryl methyl sites for hydroxylation is 1. The second-order valence-corrected chi connectivity index (χ2v) is 10.7. The van der Waals surface area contributed by atoms with Gasteiger partial charge in [0.25, 0.3) is 5.56 Å². The normalized spacial score (nSPS) is 11.1. The molecule has 0 aliphatic heterocycles. The van der Waals surface area contributed by atoms with E-state index in [-0.39, 0.29) is 17.1 Å². The van der Waals surface area contributed by atoms with Crippen LogP contribution in [0.1, 0.15) is 65.9 Å². The predicted octanol–water partition coefficient (Wildman–Crippen LogP) is 7.79. The van der Waals surface area contributed by atoms with E-state index in [1.807, 2.05) is 39.0 Å². The summed E-state index contributed by atoms with van der Waals surface area (Å²) in [5, 5.41) is 0.672. The van der Waals surface area contributed by atoms with Gasteiger partial charge in [-0.3, -0.25) is 9.59 Å². The lowest BCUT2D eigenvalue weighted by Gasteiger charge is -2.19. The van der Waals surface area contributed by atoms with Crippen LogP contribution in [-0.4, -0.2) is 21.5 Å². The molecule has 0 aliphatic rings. The number of aromatic amines is 1. The van der Waals surface area contributed by atoms with Crippen LogP contribution in [0.4, 0.5) is 0 Å². The fraction of sp³-hybridized carbons (Fsp3) is 0.367. The molecule has 0 saturated heterocycles. The number of carbonyl (C=O) groups excluding carboxylic acids is 1. The number of hydrogen-bond donors (Lipinski definition) is 1. The first kappa shape index (κ1) is 27.3. The monoisotopic (exact) mass is 504 g/mol. The predicted molar refractivity (Wildman–Crippen MR) is 150 cm³/mol. The van der Waals surface area contributed by atoms with Crippen LogP contribution in [0, 0.1) is 0 Å². The van der Waals surface area contributed by atoms with E-state index >= 15 is 0 Å². The first-order valence-corrected chi connectivity index (χ1v) is 13.4. The van der Waals surface area contributed by atoms with Crippen molar-refractivity contribution in [2.24, 2.45) is 0 Å². The van der Waals surface area contributed by atoms with Crippen molar-refractivity contribution in [2.75, 3.05) is 0 Å². The number of H-pyrrole nitrogens is 1. The van der Waals surface area contributed by atoms with E-state index in [4.69, 9.17) is 4.74 Å². The van der Waals surface area contributed by atoms with Crippen LogP contribution in [0.3, 0.4) is 0 Å². The van der Waals surface area contributed by atoms with Gasteiger partial charge >= 0.3 is 5.97 Å². The first-order valence-electron chi connectivity index (χ1n) is 12.6. The molecular formula is C30H36N2O3S. The largest absolute Gasteiger partial charge is 0.460 e. The van der Waals surface area contributed by atoms with Gasteiger partial charge in [-0.25, -0.2) is 4.98 Å². The Balaban J connectivity index is 0.000000257. The number of carbonyl (C=O) groups is 1. The average Bonchev–Trinajstić information content (AvgIpc) is 3.25. The average molecular weight is 505 g/mol. The van der Waals surface area contributed by atoms with Gasteiger partial charge in [0.1, 0.15) is 10.4 Å². The molecule has 2 aromatic heterocycles. The van der Waals surface area contributed by atoms with Crippen molar-refractivity contribution in [3.8, 4) is 21.6 Å². The Labute approximate surface area is 217 Å². The highest BCUT2D eigenvalue weighted by molar-refractivity contribution is 7.22. The number of hydrogen-bond acceptors (Lipinski definition) is 5. The SMILES string of the molecule is CCCCCC(=O)OC(C)(C)C.CCc1ccc(-c2c(-c3ccccc3)sc3nc[nH]c(=O)c23)cc1. The van der Waals surface area contributed by atoms with E-state index in [9.17, 15) is 9.59 Å². The molecule has 2 heterocycles. The number of nitrogens with zero attached hydrogens (tertiary/aromatic N) is 1. The molecule has 0 aliphatic carbocycles. The third-order valence-corrected chi connectivity index (χ3v) is 6.73. The number of aromatic nitrogens is 2. The summed E-state index contributed by atoms with van der Waals surface area (Å²) in [6, 6.07) is 18.6. The third kappa shape index (κ3) is 7.37. The quantitative estimate of drug-likeness (QED) is 0.206. The molecule has 0 spiro atoms. The minimum Gasteiger partial charge on any atom is -0.460 e. The van der Waals surface area contributed by atoms with E-state index in [0.29, 0.717) is 11.8 Å². The van der Waals surface area contributed by atoms with E-state index in [0.717, 1.165) is 52.1 Å². The van der Waals surface area contributed by atoms with E-state index in [2.05, 4.69) is 60.2 Å². The van der Waals surface area contributed by atoms with Crippen LogP contribution in [0.5, 0.6) is 0 Å². The van der Waals surface area contributed by atoms with Crippen LogP contribution in [0.25, 0.3) is 31.8 Å². The molecule has 36 heavy (non-hydrogen) atoms. The number of ether oxygens (including phenoxy) is 1. The summed E-state index contributed by atoms with van der Waals surface area (Å²) >= 11 is 1.56. The highest BCUT2D eigenvalue weighted by atomic mass is 32.1. The molecule has 1 N–H and O–H groups in total. The number of nitrogens with one attached hydrogen (secondary N) is 1. The van der Waals surface area contributed by atoms with Gasteiger partial charge < -0.3 is 9.72 Å². The van der Waals surface area contributed by atoms with Crippen molar-refractivity contribution in [1.82, 2.24) is 9.97 Å². The van der Waals surface area contributed by atoms with Crippen LogP contribution in [-0.2, 0) is 16.0 Å². The molecule has 6 heteroatoms. The summed E-state index contributed by atoms with van der Waals surface area (Å²) in [5.74, 6) is -0.0732. The maximum absolute atomic E-state index is 12.5. The van der Waals surface area contributed by atoms with Gasteiger partial charge in [-0.1, -0.05) is 81.3 Å². The van der Waals surface area contributed by atoms with Crippen molar-refractivity contribution >= 4 is 27.5 Å².